The van der Waals surface area contributed by atoms with Gasteiger partial charge in [-0.1, -0.05) is 19.3 Å². The molecule has 0 amide bonds. The predicted molar refractivity (Wildman–Crippen MR) is 168 cm³/mol. The van der Waals surface area contributed by atoms with E-state index in [1.165, 1.54) is 0 Å². The smallest absolute Gasteiger partial charge is 0.337 e. The first-order valence-corrected chi connectivity index (χ1v) is 17.5. The molecule has 0 radical (unpaired) electrons. The van der Waals surface area contributed by atoms with Crippen LogP contribution < -0.4 is 0 Å². The summed E-state index contributed by atoms with van der Waals surface area (Å²) in [5, 5.41) is 75.0. The molecule has 0 spiro atoms. The lowest BCUT2D eigenvalue weighted by atomic mass is 9.95. The van der Waals surface area contributed by atoms with Crippen LogP contribution in [0.3, 0.4) is 0 Å². The summed E-state index contributed by atoms with van der Waals surface area (Å²) in [5.41, 5.74) is 0. The third kappa shape index (κ3) is 10.8. The quantitative estimate of drug-likeness (QED) is 0.0448. The number of methoxy groups -OCH3 is 3. The van der Waals surface area contributed by atoms with Crippen LogP contribution >= 0.6 is 0 Å². The largest absolute Gasteiger partial charge is 0.467 e. The molecule has 4 heterocycles. The second kappa shape index (κ2) is 20.6. The zero-order valence-corrected chi connectivity index (χ0v) is 29.7. The molecular weight excluding hydrogens is 720 g/mol. The van der Waals surface area contributed by atoms with Crippen LogP contribution in [0.4, 0.5) is 0 Å². The Labute approximate surface area is 304 Å². The zero-order valence-electron chi connectivity index (χ0n) is 29.7. The lowest BCUT2D eigenvalue weighted by Gasteiger charge is -2.47. The molecule has 0 aromatic heterocycles. The van der Waals surface area contributed by atoms with Gasteiger partial charge in [-0.3, -0.25) is 0 Å². The molecule has 306 valence electrons. The lowest BCUT2D eigenvalue weighted by Crippen LogP contribution is -2.67. The van der Waals surface area contributed by atoms with Crippen molar-refractivity contribution in [3.05, 3.63) is 0 Å². The first kappa shape index (κ1) is 43.5. The summed E-state index contributed by atoms with van der Waals surface area (Å²) in [7, 11) is 2.94. The molecule has 15 atom stereocenters. The van der Waals surface area contributed by atoms with E-state index in [2.05, 4.69) is 4.74 Å². The van der Waals surface area contributed by atoms with E-state index < -0.39 is 110 Å². The van der Waals surface area contributed by atoms with Crippen molar-refractivity contribution in [3.63, 3.8) is 0 Å². The Morgan fingerprint density at radius 3 is 1.51 bits per heavy atom. The molecule has 21 heteroatoms. The highest BCUT2D eigenvalue weighted by atomic mass is 16.8. The molecule has 0 unspecified atom stereocenters. The molecule has 4 aliphatic rings. The van der Waals surface area contributed by atoms with Crippen molar-refractivity contribution >= 4 is 17.9 Å². The molecule has 0 aliphatic carbocycles. The van der Waals surface area contributed by atoms with Crippen LogP contribution in [-0.4, -0.2) is 193 Å². The van der Waals surface area contributed by atoms with E-state index in [-0.39, 0.29) is 12.9 Å². The Morgan fingerprint density at radius 1 is 0.528 bits per heavy atom. The Hall–Kier alpha value is -2.19. The topological polar surface area (TPSA) is 294 Å². The molecule has 0 aromatic rings. The number of hydrogen-bond acceptors (Lipinski definition) is 21. The van der Waals surface area contributed by atoms with Gasteiger partial charge in [0, 0.05) is 6.61 Å². The van der Waals surface area contributed by atoms with Crippen molar-refractivity contribution in [2.75, 3.05) is 41.2 Å². The average Bonchev–Trinajstić information content (AvgIpc) is 3.17. The van der Waals surface area contributed by atoms with Crippen LogP contribution in [0, 0.1) is 0 Å². The summed E-state index contributed by atoms with van der Waals surface area (Å²) in [6, 6.07) is 0. The number of unbranched alkanes of at least 4 members (excludes halogenated alkanes) is 4. The van der Waals surface area contributed by atoms with Gasteiger partial charge in [-0.25, -0.2) is 14.4 Å². The maximum Gasteiger partial charge on any atom is 0.337 e. The Kier molecular flexibility index (Phi) is 17.0. The van der Waals surface area contributed by atoms with Crippen molar-refractivity contribution in [3.8, 4) is 0 Å². The number of carbonyl (C=O) groups is 3. The Morgan fingerprint density at radius 2 is 0.962 bits per heavy atom. The lowest BCUT2D eigenvalue weighted by molar-refractivity contribution is -0.370. The Bertz CT molecular complexity index is 1150. The molecule has 21 nitrogen and oxygen atoms in total. The molecule has 7 N–H and O–H groups in total. The van der Waals surface area contributed by atoms with E-state index in [1.54, 1.807) is 0 Å². The van der Waals surface area contributed by atoms with Gasteiger partial charge >= 0.3 is 17.9 Å². The summed E-state index contributed by atoms with van der Waals surface area (Å²) in [6.45, 7) is 1.51. The molecule has 0 saturated carbocycles. The highest BCUT2D eigenvalue weighted by molar-refractivity contribution is 5.76. The molecule has 4 aliphatic heterocycles. The first-order valence-electron chi connectivity index (χ1n) is 17.5. The van der Waals surface area contributed by atoms with Gasteiger partial charge in [-0.05, 0) is 25.7 Å². The number of rotatable bonds is 16. The van der Waals surface area contributed by atoms with Crippen LogP contribution in [0.15, 0.2) is 0 Å². The van der Waals surface area contributed by atoms with Crippen LogP contribution in [0.5, 0.6) is 0 Å². The molecule has 0 bridgehead atoms. The standard InChI is InChI=1S/C32H52O21/c1-43-27(40)24-16(34)15(33)19(37)31(51-24)49-23-18(36)21(39)32(53-26(23)29(42)45-3)50-22-17(35)20(38)30(52-25(22)28(41)44-2)48-11-8-6-4-5-7-10-14-46-12-9-13-47-14/h14-26,30-39H,4-13H2,1-3H3/t15-,16+,17+,18+,19+,20+,21+,22+,23+,24-,25-,26-,30-,31-,32-/m0/s1. The zero-order chi connectivity index (χ0) is 38.8. The first-order chi connectivity index (χ1) is 25.3. The van der Waals surface area contributed by atoms with E-state index in [9.17, 15) is 50.1 Å². The monoisotopic (exact) mass is 772 g/mol. The van der Waals surface area contributed by atoms with Gasteiger partial charge in [-0.2, -0.15) is 0 Å². The SMILES string of the molecule is COC(=O)[C@H]1O[C@H](O[C@@H]2[C@H](O)[C@@H](O)[C@@H](O[C@@H]3[C@H](O)[C@@H](O)[C@@H](OCCCCCCCC4OCCCO4)O[C@@H]3C(=O)OC)O[C@@H]2C(=O)OC)[C@H](O)[C@@H](O)[C@H]1O. The van der Waals surface area contributed by atoms with Gasteiger partial charge in [0.15, 0.2) is 43.5 Å². The summed E-state index contributed by atoms with van der Waals surface area (Å²) in [4.78, 5) is 37.7. The fraction of sp³-hybridized carbons (Fsp3) is 0.906. The summed E-state index contributed by atoms with van der Waals surface area (Å²) >= 11 is 0. The normalized spacial score (nSPS) is 39.6. The summed E-state index contributed by atoms with van der Waals surface area (Å²) in [5.74, 6) is -3.43. The summed E-state index contributed by atoms with van der Waals surface area (Å²) in [6.07, 6.45) is -23.2. The number of ether oxygens (including phenoxy) is 11. The third-order valence-corrected chi connectivity index (χ3v) is 9.30. The second-order valence-electron chi connectivity index (χ2n) is 12.9. The van der Waals surface area contributed by atoms with E-state index in [0.717, 1.165) is 59.9 Å². The van der Waals surface area contributed by atoms with Crippen LogP contribution in [0.2, 0.25) is 0 Å². The highest BCUT2D eigenvalue weighted by Crippen LogP contribution is 2.33. The Balaban J connectivity index is 1.36. The van der Waals surface area contributed by atoms with Gasteiger partial charge in [0.1, 0.15) is 54.9 Å². The van der Waals surface area contributed by atoms with Gasteiger partial charge in [-0.15, -0.1) is 0 Å². The minimum atomic E-state index is -2.14. The van der Waals surface area contributed by atoms with E-state index in [1.807, 2.05) is 0 Å². The van der Waals surface area contributed by atoms with Crippen molar-refractivity contribution < 1.29 is 102 Å². The number of aliphatic hydroxyl groups is 7. The van der Waals surface area contributed by atoms with E-state index in [4.69, 9.17) is 47.4 Å². The van der Waals surface area contributed by atoms with Crippen LogP contribution in [0.1, 0.15) is 44.9 Å². The van der Waals surface area contributed by atoms with Crippen molar-refractivity contribution in [2.24, 2.45) is 0 Å². The van der Waals surface area contributed by atoms with Crippen molar-refractivity contribution in [1.82, 2.24) is 0 Å². The van der Waals surface area contributed by atoms with Crippen LogP contribution in [-0.2, 0) is 66.5 Å². The van der Waals surface area contributed by atoms with E-state index in [0.29, 0.717) is 19.6 Å². The maximum atomic E-state index is 12.8. The van der Waals surface area contributed by atoms with Gasteiger partial charge < -0.3 is 87.9 Å². The minimum absolute atomic E-state index is 0.108. The number of hydrogen-bond donors (Lipinski definition) is 7. The fourth-order valence-corrected chi connectivity index (χ4v) is 6.27. The molecule has 4 saturated heterocycles. The molecule has 53 heavy (non-hydrogen) atoms. The molecular formula is C32H52O21. The predicted octanol–water partition coefficient (Wildman–Crippen LogP) is -3.90. The number of carbonyl (C=O) groups excluding carboxylic acids is 3. The number of aliphatic hydroxyl groups excluding tert-OH is 7. The molecule has 4 rings (SSSR count). The highest BCUT2D eigenvalue weighted by Gasteiger charge is 2.57. The number of esters is 3. The van der Waals surface area contributed by atoms with E-state index >= 15 is 0 Å². The third-order valence-electron chi connectivity index (χ3n) is 9.30. The van der Waals surface area contributed by atoms with Gasteiger partial charge in [0.2, 0.25) is 0 Å². The fourth-order valence-electron chi connectivity index (χ4n) is 6.27. The molecule has 4 fully saturated rings. The average molecular weight is 773 g/mol. The minimum Gasteiger partial charge on any atom is -0.467 e. The summed E-state index contributed by atoms with van der Waals surface area (Å²) < 4.78 is 58.4. The van der Waals surface area contributed by atoms with Gasteiger partial charge in [0.05, 0.1) is 34.5 Å². The second-order valence-corrected chi connectivity index (χ2v) is 12.9. The maximum absolute atomic E-state index is 12.8. The van der Waals surface area contributed by atoms with Crippen LogP contribution in [0.25, 0.3) is 0 Å². The van der Waals surface area contributed by atoms with Gasteiger partial charge in [0.25, 0.3) is 0 Å². The molecule has 0 aromatic carbocycles. The van der Waals surface area contributed by atoms with Crippen molar-refractivity contribution in [2.45, 2.75) is 143 Å². The van der Waals surface area contributed by atoms with Crippen molar-refractivity contribution in [1.29, 1.82) is 0 Å².